The summed E-state index contributed by atoms with van der Waals surface area (Å²) in [6.45, 7) is 1.99. The summed E-state index contributed by atoms with van der Waals surface area (Å²) >= 11 is 0. The Bertz CT molecular complexity index is 370. The highest BCUT2D eigenvalue weighted by atomic mass is 16.1. The number of amides is 1. The molecule has 0 saturated carbocycles. The summed E-state index contributed by atoms with van der Waals surface area (Å²) in [4.78, 5) is 10.5. The highest BCUT2D eigenvalue weighted by Crippen LogP contribution is 2.15. The lowest BCUT2D eigenvalue weighted by Gasteiger charge is -2.00. The van der Waals surface area contributed by atoms with Crippen LogP contribution in [0, 0.1) is 6.92 Å². The molecule has 0 aliphatic carbocycles. The molecule has 0 fully saturated rings. The minimum atomic E-state index is -0.340. The van der Waals surface area contributed by atoms with E-state index < -0.39 is 0 Å². The molecular formula is C11H14N2O. The van der Waals surface area contributed by atoms with Gasteiger partial charge in [-0.3, -0.25) is 4.79 Å². The third kappa shape index (κ3) is 2.94. The molecule has 0 saturated heterocycles. The fourth-order valence-corrected chi connectivity index (χ4v) is 1.14. The van der Waals surface area contributed by atoms with Gasteiger partial charge in [0, 0.05) is 12.1 Å². The molecule has 74 valence electrons. The van der Waals surface area contributed by atoms with E-state index in [1.54, 1.807) is 6.08 Å². The Labute approximate surface area is 83.4 Å². The highest BCUT2D eigenvalue weighted by Gasteiger charge is 1.95. The number of carbonyl (C=O) groups is 1. The second-order valence-electron chi connectivity index (χ2n) is 3.21. The van der Waals surface area contributed by atoms with E-state index in [0.717, 1.165) is 11.1 Å². The van der Waals surface area contributed by atoms with Crippen LogP contribution in [0.2, 0.25) is 0 Å². The largest absolute Gasteiger partial charge is 0.398 e. The maximum absolute atomic E-state index is 10.5. The standard InChI is InChI=1S/C11H14N2O/c1-8-5-6-10(12)9(7-8)3-2-4-11(13)14/h2-3,5-7H,4,12H2,1H3,(H2,13,14). The number of rotatable bonds is 3. The van der Waals surface area contributed by atoms with E-state index in [0.29, 0.717) is 5.69 Å². The molecule has 0 bridgehead atoms. The topological polar surface area (TPSA) is 69.1 Å². The SMILES string of the molecule is Cc1ccc(N)c(C=CCC(N)=O)c1. The fourth-order valence-electron chi connectivity index (χ4n) is 1.14. The van der Waals surface area contributed by atoms with Crippen molar-refractivity contribution >= 4 is 17.7 Å². The van der Waals surface area contributed by atoms with Crippen LogP contribution in [0.3, 0.4) is 0 Å². The van der Waals surface area contributed by atoms with Gasteiger partial charge in [0.2, 0.25) is 5.91 Å². The molecule has 0 heterocycles. The molecular weight excluding hydrogens is 176 g/mol. The molecule has 3 nitrogen and oxygen atoms in total. The van der Waals surface area contributed by atoms with Crippen molar-refractivity contribution < 1.29 is 4.79 Å². The lowest BCUT2D eigenvalue weighted by molar-refractivity contribution is -0.117. The number of nitrogens with two attached hydrogens (primary N) is 2. The summed E-state index contributed by atoms with van der Waals surface area (Å²) in [6, 6.07) is 5.76. The van der Waals surface area contributed by atoms with Crippen molar-refractivity contribution in [3.63, 3.8) is 0 Å². The van der Waals surface area contributed by atoms with E-state index in [9.17, 15) is 4.79 Å². The third-order valence-corrected chi connectivity index (χ3v) is 1.86. The molecule has 3 heteroatoms. The number of anilines is 1. The molecule has 1 rings (SSSR count). The first-order valence-corrected chi connectivity index (χ1v) is 4.40. The van der Waals surface area contributed by atoms with Crippen LogP contribution < -0.4 is 11.5 Å². The van der Waals surface area contributed by atoms with Crippen LogP contribution in [0.1, 0.15) is 17.5 Å². The predicted molar refractivity (Wildman–Crippen MR) is 58.4 cm³/mol. The number of hydrogen-bond acceptors (Lipinski definition) is 2. The van der Waals surface area contributed by atoms with Gasteiger partial charge in [-0.15, -0.1) is 0 Å². The lowest BCUT2D eigenvalue weighted by Crippen LogP contribution is -2.07. The minimum absolute atomic E-state index is 0.243. The average molecular weight is 190 g/mol. The Morgan fingerprint density at radius 3 is 2.86 bits per heavy atom. The monoisotopic (exact) mass is 190 g/mol. The molecule has 1 amide bonds. The minimum Gasteiger partial charge on any atom is -0.398 e. The summed E-state index contributed by atoms with van der Waals surface area (Å²) in [5.41, 5.74) is 13.5. The first kappa shape index (κ1) is 10.3. The van der Waals surface area contributed by atoms with Gasteiger partial charge in [-0.25, -0.2) is 0 Å². The molecule has 14 heavy (non-hydrogen) atoms. The van der Waals surface area contributed by atoms with Crippen LogP contribution >= 0.6 is 0 Å². The molecule has 0 unspecified atom stereocenters. The first-order valence-electron chi connectivity index (χ1n) is 4.40. The van der Waals surface area contributed by atoms with Crippen LogP contribution in [-0.4, -0.2) is 5.91 Å². The van der Waals surface area contributed by atoms with Gasteiger partial charge in [-0.2, -0.15) is 0 Å². The van der Waals surface area contributed by atoms with Gasteiger partial charge in [-0.05, 0) is 24.6 Å². The quantitative estimate of drug-likeness (QED) is 0.708. The molecule has 0 aromatic heterocycles. The van der Waals surface area contributed by atoms with Gasteiger partial charge >= 0.3 is 0 Å². The fraction of sp³-hybridized carbons (Fsp3) is 0.182. The summed E-state index contributed by atoms with van der Waals surface area (Å²) < 4.78 is 0. The number of aryl methyl sites for hydroxylation is 1. The maximum Gasteiger partial charge on any atom is 0.221 e. The van der Waals surface area contributed by atoms with Crippen molar-refractivity contribution in [3.05, 3.63) is 35.4 Å². The van der Waals surface area contributed by atoms with Gasteiger partial charge in [0.15, 0.2) is 0 Å². The Morgan fingerprint density at radius 1 is 1.50 bits per heavy atom. The first-order chi connectivity index (χ1) is 6.59. The zero-order valence-electron chi connectivity index (χ0n) is 8.16. The Kier molecular flexibility index (Phi) is 3.29. The highest BCUT2D eigenvalue weighted by molar-refractivity contribution is 5.77. The second-order valence-corrected chi connectivity index (χ2v) is 3.21. The molecule has 0 radical (unpaired) electrons. The van der Waals surface area contributed by atoms with Crippen molar-refractivity contribution in [1.29, 1.82) is 0 Å². The number of nitrogen functional groups attached to an aromatic ring is 1. The Hall–Kier alpha value is -1.77. The van der Waals surface area contributed by atoms with Crippen LogP contribution in [0.5, 0.6) is 0 Å². The van der Waals surface area contributed by atoms with E-state index in [1.165, 1.54) is 0 Å². The van der Waals surface area contributed by atoms with E-state index in [4.69, 9.17) is 11.5 Å². The average Bonchev–Trinajstić information content (AvgIpc) is 2.10. The second kappa shape index (κ2) is 4.46. The van der Waals surface area contributed by atoms with E-state index in [1.807, 2.05) is 31.2 Å². The molecule has 1 aromatic rings. The van der Waals surface area contributed by atoms with Crippen molar-refractivity contribution in [1.82, 2.24) is 0 Å². The van der Waals surface area contributed by atoms with Crippen molar-refractivity contribution in [2.45, 2.75) is 13.3 Å². The zero-order chi connectivity index (χ0) is 10.6. The molecule has 0 atom stereocenters. The van der Waals surface area contributed by atoms with Crippen molar-refractivity contribution in [3.8, 4) is 0 Å². The van der Waals surface area contributed by atoms with Crippen LogP contribution in [-0.2, 0) is 4.79 Å². The number of benzene rings is 1. The molecule has 4 N–H and O–H groups in total. The molecule has 0 aliphatic rings. The van der Waals surface area contributed by atoms with Gasteiger partial charge in [0.1, 0.15) is 0 Å². The maximum atomic E-state index is 10.5. The molecule has 0 aliphatic heterocycles. The summed E-state index contributed by atoms with van der Waals surface area (Å²) in [6.07, 6.45) is 3.77. The van der Waals surface area contributed by atoms with E-state index in [-0.39, 0.29) is 12.3 Å². The summed E-state index contributed by atoms with van der Waals surface area (Å²) in [5, 5.41) is 0. The number of carbonyl (C=O) groups excluding carboxylic acids is 1. The third-order valence-electron chi connectivity index (χ3n) is 1.86. The molecule has 1 aromatic carbocycles. The molecule has 0 spiro atoms. The zero-order valence-corrected chi connectivity index (χ0v) is 8.16. The predicted octanol–water partition coefficient (Wildman–Crippen LogP) is 1.47. The Balaban J connectivity index is 2.80. The normalized spacial score (nSPS) is 10.6. The Morgan fingerprint density at radius 2 is 2.21 bits per heavy atom. The number of hydrogen-bond donors (Lipinski definition) is 2. The van der Waals surface area contributed by atoms with Gasteiger partial charge in [0.25, 0.3) is 0 Å². The number of primary amides is 1. The smallest absolute Gasteiger partial charge is 0.221 e. The summed E-state index contributed by atoms with van der Waals surface area (Å²) in [5.74, 6) is -0.340. The van der Waals surface area contributed by atoms with Gasteiger partial charge < -0.3 is 11.5 Å². The van der Waals surface area contributed by atoms with Crippen LogP contribution in [0.4, 0.5) is 5.69 Å². The van der Waals surface area contributed by atoms with Crippen LogP contribution in [0.25, 0.3) is 6.08 Å². The van der Waals surface area contributed by atoms with Crippen molar-refractivity contribution in [2.24, 2.45) is 5.73 Å². The van der Waals surface area contributed by atoms with Gasteiger partial charge in [0.05, 0.1) is 0 Å². The lowest BCUT2D eigenvalue weighted by atomic mass is 10.1. The summed E-state index contributed by atoms with van der Waals surface area (Å²) in [7, 11) is 0. The van der Waals surface area contributed by atoms with Gasteiger partial charge in [-0.1, -0.05) is 23.8 Å². The van der Waals surface area contributed by atoms with E-state index >= 15 is 0 Å². The van der Waals surface area contributed by atoms with Crippen molar-refractivity contribution in [2.75, 3.05) is 5.73 Å². The van der Waals surface area contributed by atoms with Crippen LogP contribution in [0.15, 0.2) is 24.3 Å². The van der Waals surface area contributed by atoms with E-state index in [2.05, 4.69) is 0 Å².